The number of nitrogens with zero attached hydrogens (tertiary/aromatic N) is 1. The smallest absolute Gasteiger partial charge is 0.175 e. The number of para-hydroxylation sites is 1. The Hall–Kier alpha value is -1.13. The van der Waals surface area contributed by atoms with Crippen molar-refractivity contribution in [3.63, 3.8) is 0 Å². The molecule has 0 radical (unpaired) electrons. The molecular formula is C11H14N2OS. The fourth-order valence-corrected chi connectivity index (χ4v) is 2.20. The molecule has 1 saturated heterocycles. The van der Waals surface area contributed by atoms with Crippen LogP contribution in [0.1, 0.15) is 13.3 Å². The quantitative estimate of drug-likeness (QED) is 0.706. The van der Waals surface area contributed by atoms with E-state index in [0.717, 1.165) is 5.69 Å². The lowest BCUT2D eigenvalue weighted by Gasteiger charge is -2.38. The number of aliphatic hydroxyl groups is 1. The average molecular weight is 222 g/mol. The monoisotopic (exact) mass is 222 g/mol. The summed E-state index contributed by atoms with van der Waals surface area (Å²) in [7, 11) is 0. The molecule has 0 amide bonds. The summed E-state index contributed by atoms with van der Waals surface area (Å²) in [6, 6.07) is 9.91. The van der Waals surface area contributed by atoms with Gasteiger partial charge in [-0.25, -0.2) is 0 Å². The number of rotatable bonds is 1. The molecule has 0 aromatic heterocycles. The van der Waals surface area contributed by atoms with Crippen LogP contribution >= 0.6 is 12.2 Å². The van der Waals surface area contributed by atoms with Gasteiger partial charge in [0.05, 0.1) is 0 Å². The van der Waals surface area contributed by atoms with Gasteiger partial charge < -0.3 is 10.4 Å². The maximum absolute atomic E-state index is 9.96. The molecule has 1 fully saturated rings. The maximum atomic E-state index is 9.96. The van der Waals surface area contributed by atoms with Gasteiger partial charge in [-0.2, -0.15) is 0 Å². The first-order valence-corrected chi connectivity index (χ1v) is 5.42. The molecule has 0 spiro atoms. The largest absolute Gasteiger partial charge is 0.373 e. The minimum atomic E-state index is -0.531. The van der Waals surface area contributed by atoms with E-state index in [1.165, 1.54) is 0 Å². The van der Waals surface area contributed by atoms with Gasteiger partial charge in [-0.1, -0.05) is 18.2 Å². The highest BCUT2D eigenvalue weighted by Crippen LogP contribution is 2.21. The minimum absolute atomic E-state index is 0.229. The molecule has 80 valence electrons. The minimum Gasteiger partial charge on any atom is -0.373 e. The molecular weight excluding hydrogens is 208 g/mol. The highest BCUT2D eigenvalue weighted by molar-refractivity contribution is 7.80. The third-order valence-electron chi connectivity index (χ3n) is 2.49. The zero-order chi connectivity index (χ0) is 10.8. The SMILES string of the molecule is C[C@@H]1C[C@H](O)N(c2ccccc2)C(=S)N1. The van der Waals surface area contributed by atoms with Crippen LogP contribution in [0.25, 0.3) is 0 Å². The number of nitrogens with one attached hydrogen (secondary N) is 1. The first-order valence-electron chi connectivity index (χ1n) is 5.01. The number of hydrogen-bond donors (Lipinski definition) is 2. The Morgan fingerprint density at radius 1 is 1.40 bits per heavy atom. The number of thiocarbonyl (C=S) groups is 1. The second kappa shape index (κ2) is 4.16. The van der Waals surface area contributed by atoms with Crippen molar-refractivity contribution in [2.75, 3.05) is 4.90 Å². The van der Waals surface area contributed by atoms with Crippen molar-refractivity contribution in [1.29, 1.82) is 0 Å². The molecule has 2 rings (SSSR count). The summed E-state index contributed by atoms with van der Waals surface area (Å²) in [6.45, 7) is 2.01. The topological polar surface area (TPSA) is 35.5 Å². The third-order valence-corrected chi connectivity index (χ3v) is 2.80. The summed E-state index contributed by atoms with van der Waals surface area (Å²) >= 11 is 5.22. The zero-order valence-corrected chi connectivity index (χ0v) is 9.37. The van der Waals surface area contributed by atoms with E-state index in [-0.39, 0.29) is 6.04 Å². The van der Waals surface area contributed by atoms with Gasteiger partial charge in [0.15, 0.2) is 5.11 Å². The summed E-state index contributed by atoms with van der Waals surface area (Å²) in [5, 5.41) is 13.7. The van der Waals surface area contributed by atoms with Crippen LogP contribution in [0.3, 0.4) is 0 Å². The number of anilines is 1. The lowest BCUT2D eigenvalue weighted by Crippen LogP contribution is -2.56. The summed E-state index contributed by atoms with van der Waals surface area (Å²) in [5.74, 6) is 0. The third kappa shape index (κ3) is 2.11. The second-order valence-corrected chi connectivity index (χ2v) is 4.16. The average Bonchev–Trinajstić information content (AvgIpc) is 2.17. The molecule has 1 heterocycles. The van der Waals surface area contributed by atoms with Gasteiger partial charge in [0.2, 0.25) is 0 Å². The Morgan fingerprint density at radius 2 is 2.07 bits per heavy atom. The molecule has 0 bridgehead atoms. The van der Waals surface area contributed by atoms with Crippen molar-refractivity contribution >= 4 is 23.0 Å². The molecule has 2 N–H and O–H groups in total. The molecule has 0 unspecified atom stereocenters. The van der Waals surface area contributed by atoms with E-state index in [0.29, 0.717) is 11.5 Å². The van der Waals surface area contributed by atoms with Crippen LogP contribution in [0.15, 0.2) is 30.3 Å². The summed E-state index contributed by atoms with van der Waals surface area (Å²) in [6.07, 6.45) is 0.144. The van der Waals surface area contributed by atoms with Crippen molar-refractivity contribution in [3.05, 3.63) is 30.3 Å². The zero-order valence-electron chi connectivity index (χ0n) is 8.55. The van der Waals surface area contributed by atoms with Gasteiger partial charge in [0.1, 0.15) is 6.23 Å². The van der Waals surface area contributed by atoms with Crippen molar-refractivity contribution in [2.24, 2.45) is 0 Å². The van der Waals surface area contributed by atoms with Crippen LogP contribution in [-0.4, -0.2) is 22.5 Å². The predicted molar refractivity (Wildman–Crippen MR) is 64.7 cm³/mol. The van der Waals surface area contributed by atoms with Gasteiger partial charge in [-0.15, -0.1) is 0 Å². The Labute approximate surface area is 94.7 Å². The molecule has 0 saturated carbocycles. The molecule has 3 nitrogen and oxygen atoms in total. The Balaban J connectivity index is 2.25. The highest BCUT2D eigenvalue weighted by Gasteiger charge is 2.28. The van der Waals surface area contributed by atoms with E-state index in [2.05, 4.69) is 5.32 Å². The first-order chi connectivity index (χ1) is 7.18. The first kappa shape index (κ1) is 10.4. The fraction of sp³-hybridized carbons (Fsp3) is 0.364. The van der Waals surface area contributed by atoms with Crippen LogP contribution in [0.5, 0.6) is 0 Å². The van der Waals surface area contributed by atoms with Crippen LogP contribution in [-0.2, 0) is 0 Å². The van der Waals surface area contributed by atoms with Gasteiger partial charge >= 0.3 is 0 Å². The standard InChI is InChI=1S/C11H14N2OS/c1-8-7-10(14)13(11(15)12-8)9-5-3-2-4-6-9/h2-6,8,10,14H,7H2,1H3,(H,12,15)/t8-,10+/m1/s1. The number of aliphatic hydroxyl groups excluding tert-OH is 1. The lowest BCUT2D eigenvalue weighted by atomic mass is 10.1. The van der Waals surface area contributed by atoms with Crippen LogP contribution in [0, 0.1) is 0 Å². The molecule has 2 atom stereocenters. The second-order valence-electron chi connectivity index (χ2n) is 3.77. The van der Waals surface area contributed by atoms with E-state index in [1.807, 2.05) is 37.3 Å². The lowest BCUT2D eigenvalue weighted by molar-refractivity contribution is 0.154. The Bertz CT molecular complexity index is 355. The van der Waals surface area contributed by atoms with Crippen molar-refractivity contribution in [1.82, 2.24) is 5.32 Å². The van der Waals surface area contributed by atoms with Crippen LogP contribution in [0.4, 0.5) is 5.69 Å². The predicted octanol–water partition coefficient (Wildman–Crippen LogP) is 1.48. The molecule has 1 aromatic carbocycles. The number of hydrogen-bond acceptors (Lipinski definition) is 2. The van der Waals surface area contributed by atoms with Gasteiger partial charge in [0, 0.05) is 18.2 Å². The number of benzene rings is 1. The maximum Gasteiger partial charge on any atom is 0.175 e. The summed E-state index contributed by atoms with van der Waals surface area (Å²) in [4.78, 5) is 1.75. The molecule has 1 aromatic rings. The van der Waals surface area contributed by atoms with Gasteiger partial charge in [0.25, 0.3) is 0 Å². The van der Waals surface area contributed by atoms with E-state index in [4.69, 9.17) is 12.2 Å². The van der Waals surface area contributed by atoms with E-state index < -0.39 is 6.23 Å². The molecule has 1 aliphatic heterocycles. The Morgan fingerprint density at radius 3 is 2.67 bits per heavy atom. The van der Waals surface area contributed by atoms with Gasteiger partial charge in [-0.05, 0) is 31.3 Å². The van der Waals surface area contributed by atoms with Gasteiger partial charge in [-0.3, -0.25) is 4.90 Å². The fourth-order valence-electron chi connectivity index (χ4n) is 1.77. The van der Waals surface area contributed by atoms with E-state index in [9.17, 15) is 5.11 Å². The van der Waals surface area contributed by atoms with Crippen molar-refractivity contribution < 1.29 is 5.11 Å². The highest BCUT2D eigenvalue weighted by atomic mass is 32.1. The van der Waals surface area contributed by atoms with Crippen LogP contribution in [0.2, 0.25) is 0 Å². The Kier molecular flexibility index (Phi) is 2.88. The molecule has 0 aliphatic carbocycles. The van der Waals surface area contributed by atoms with E-state index >= 15 is 0 Å². The van der Waals surface area contributed by atoms with E-state index in [1.54, 1.807) is 4.90 Å². The van der Waals surface area contributed by atoms with Crippen molar-refractivity contribution in [2.45, 2.75) is 25.6 Å². The van der Waals surface area contributed by atoms with Crippen LogP contribution < -0.4 is 10.2 Å². The van der Waals surface area contributed by atoms with Crippen molar-refractivity contribution in [3.8, 4) is 0 Å². The molecule has 4 heteroatoms. The summed E-state index contributed by atoms with van der Waals surface area (Å²) in [5.41, 5.74) is 0.925. The molecule has 15 heavy (non-hydrogen) atoms. The molecule has 1 aliphatic rings. The summed E-state index contributed by atoms with van der Waals surface area (Å²) < 4.78 is 0. The normalized spacial score (nSPS) is 26.3.